The van der Waals surface area contributed by atoms with Crippen LogP contribution >= 0.6 is 0 Å². The zero-order valence-electron chi connectivity index (χ0n) is 11.3. The van der Waals surface area contributed by atoms with Crippen molar-refractivity contribution in [2.24, 2.45) is 0 Å². The second-order valence-electron chi connectivity index (χ2n) is 4.99. The van der Waals surface area contributed by atoms with Gasteiger partial charge >= 0.3 is 0 Å². The van der Waals surface area contributed by atoms with Crippen molar-refractivity contribution in [2.45, 2.75) is 45.2 Å². The molecule has 1 unspecified atom stereocenters. The van der Waals surface area contributed by atoms with E-state index in [1.54, 1.807) is 0 Å². The third kappa shape index (κ3) is 2.93. The Labute approximate surface area is 109 Å². The topological polar surface area (TPSA) is 46.1 Å². The molecule has 1 heterocycles. The van der Waals surface area contributed by atoms with Crippen LogP contribution in [0.3, 0.4) is 0 Å². The third-order valence-electron chi connectivity index (χ3n) is 3.56. The first kappa shape index (κ1) is 13.1. The fraction of sp³-hybridized carbons (Fsp3) is 0.643. The Kier molecular flexibility index (Phi) is 4.42. The molecule has 1 amide bonds. The van der Waals surface area contributed by atoms with Crippen molar-refractivity contribution in [3.05, 3.63) is 23.5 Å². The quantitative estimate of drug-likeness (QED) is 0.833. The van der Waals surface area contributed by atoms with Crippen LogP contribution in [-0.4, -0.2) is 24.1 Å². The molecule has 0 bridgehead atoms. The molecule has 2 rings (SSSR count). The van der Waals surface area contributed by atoms with Gasteiger partial charge in [0.05, 0.1) is 0 Å². The fourth-order valence-electron chi connectivity index (χ4n) is 2.63. The van der Waals surface area contributed by atoms with Crippen LogP contribution in [-0.2, 0) is 17.8 Å². The number of nitrogens with one attached hydrogen (secondary N) is 2. The molecule has 0 saturated heterocycles. The van der Waals surface area contributed by atoms with Gasteiger partial charge in [-0.05, 0) is 43.9 Å². The van der Waals surface area contributed by atoms with Crippen molar-refractivity contribution in [3.8, 4) is 0 Å². The Hall–Kier alpha value is -1.29. The van der Waals surface area contributed by atoms with Gasteiger partial charge in [-0.25, -0.2) is 0 Å². The van der Waals surface area contributed by atoms with Crippen molar-refractivity contribution >= 4 is 5.91 Å². The second kappa shape index (κ2) is 6.05. The predicted octanol–water partition coefficient (Wildman–Crippen LogP) is 1.61. The molecule has 0 fully saturated rings. The monoisotopic (exact) mass is 249 g/mol. The van der Waals surface area contributed by atoms with Crippen LogP contribution < -0.4 is 10.6 Å². The number of fused-ring (bicyclic) bond motifs is 1. The van der Waals surface area contributed by atoms with Crippen LogP contribution in [0.2, 0.25) is 0 Å². The minimum Gasteiger partial charge on any atom is -0.355 e. The van der Waals surface area contributed by atoms with E-state index in [0.29, 0.717) is 12.6 Å². The van der Waals surface area contributed by atoms with E-state index in [9.17, 15) is 4.79 Å². The van der Waals surface area contributed by atoms with Gasteiger partial charge in [0.15, 0.2) is 0 Å². The van der Waals surface area contributed by atoms with Crippen molar-refractivity contribution in [1.29, 1.82) is 0 Å². The molecule has 1 aromatic heterocycles. The maximum atomic E-state index is 11.7. The molecule has 0 radical (unpaired) electrons. The molecule has 0 aliphatic heterocycles. The van der Waals surface area contributed by atoms with Crippen LogP contribution in [0.1, 0.15) is 43.4 Å². The number of carbonyl (C=O) groups is 1. The summed E-state index contributed by atoms with van der Waals surface area (Å²) in [5.74, 6) is 0.102. The van der Waals surface area contributed by atoms with E-state index in [0.717, 1.165) is 19.4 Å². The van der Waals surface area contributed by atoms with Crippen LogP contribution in [0.15, 0.2) is 12.4 Å². The molecular weight excluding hydrogens is 226 g/mol. The molecule has 1 atom stereocenters. The smallest absolute Gasteiger partial charge is 0.239 e. The van der Waals surface area contributed by atoms with Gasteiger partial charge in [0.1, 0.15) is 6.54 Å². The summed E-state index contributed by atoms with van der Waals surface area (Å²) in [6.45, 7) is 3.26. The average Bonchev–Trinajstić information content (AvgIpc) is 2.78. The summed E-state index contributed by atoms with van der Waals surface area (Å²) in [4.78, 5) is 11.7. The van der Waals surface area contributed by atoms with Gasteiger partial charge in [-0.3, -0.25) is 4.79 Å². The van der Waals surface area contributed by atoms with Gasteiger partial charge in [0.25, 0.3) is 0 Å². The Morgan fingerprint density at radius 3 is 3.06 bits per heavy atom. The summed E-state index contributed by atoms with van der Waals surface area (Å²) in [6.07, 6.45) is 8.79. The van der Waals surface area contributed by atoms with Gasteiger partial charge in [-0.15, -0.1) is 0 Å². The van der Waals surface area contributed by atoms with Crippen LogP contribution in [0.4, 0.5) is 0 Å². The molecular formula is C14H23N3O. The van der Waals surface area contributed by atoms with Gasteiger partial charge < -0.3 is 15.2 Å². The minimum absolute atomic E-state index is 0.102. The second-order valence-corrected chi connectivity index (χ2v) is 4.99. The lowest BCUT2D eigenvalue weighted by atomic mass is 9.91. The van der Waals surface area contributed by atoms with Gasteiger partial charge in [0, 0.05) is 25.0 Å². The van der Waals surface area contributed by atoms with Gasteiger partial charge in [0.2, 0.25) is 5.91 Å². The molecule has 100 valence electrons. The molecule has 1 aromatic rings. The van der Waals surface area contributed by atoms with Crippen LogP contribution in [0.25, 0.3) is 0 Å². The highest BCUT2D eigenvalue weighted by molar-refractivity contribution is 5.75. The lowest BCUT2D eigenvalue weighted by Crippen LogP contribution is -2.27. The van der Waals surface area contributed by atoms with E-state index < -0.39 is 0 Å². The highest BCUT2D eigenvalue weighted by Crippen LogP contribution is 2.29. The molecule has 4 nitrogen and oxygen atoms in total. The highest BCUT2D eigenvalue weighted by atomic mass is 16.1. The van der Waals surface area contributed by atoms with E-state index in [4.69, 9.17) is 0 Å². The summed E-state index contributed by atoms with van der Waals surface area (Å²) in [5.41, 5.74) is 2.76. The first-order chi connectivity index (χ1) is 8.74. The van der Waals surface area contributed by atoms with Crippen molar-refractivity contribution in [2.75, 3.05) is 13.6 Å². The Bertz CT molecular complexity index is 411. The van der Waals surface area contributed by atoms with Crippen LogP contribution in [0, 0.1) is 0 Å². The summed E-state index contributed by atoms with van der Waals surface area (Å²) in [6, 6.07) is 0.453. The molecule has 18 heavy (non-hydrogen) atoms. The summed E-state index contributed by atoms with van der Waals surface area (Å²) in [5, 5.41) is 6.26. The summed E-state index contributed by atoms with van der Waals surface area (Å²) in [7, 11) is 2.01. The normalized spacial score (nSPS) is 18.4. The first-order valence-electron chi connectivity index (χ1n) is 6.87. The van der Waals surface area contributed by atoms with Crippen molar-refractivity contribution < 1.29 is 4.79 Å². The minimum atomic E-state index is 0.102. The SMILES string of the molecule is CCCNC(=O)Cn1cc2c(c1)C(NC)CCC2. The number of hydrogen-bond acceptors (Lipinski definition) is 2. The van der Waals surface area contributed by atoms with E-state index in [-0.39, 0.29) is 5.91 Å². The first-order valence-corrected chi connectivity index (χ1v) is 6.87. The summed E-state index contributed by atoms with van der Waals surface area (Å²) >= 11 is 0. The molecule has 0 saturated carbocycles. The molecule has 2 N–H and O–H groups in total. The zero-order chi connectivity index (χ0) is 13.0. The lowest BCUT2D eigenvalue weighted by Gasteiger charge is -2.21. The number of aromatic nitrogens is 1. The Morgan fingerprint density at radius 1 is 1.50 bits per heavy atom. The van der Waals surface area contributed by atoms with Crippen LogP contribution in [0.5, 0.6) is 0 Å². The number of amides is 1. The Balaban J connectivity index is 2.02. The summed E-state index contributed by atoms with van der Waals surface area (Å²) < 4.78 is 2.02. The van der Waals surface area contributed by atoms with Gasteiger partial charge in [-0.1, -0.05) is 6.92 Å². The molecule has 4 heteroatoms. The fourth-order valence-corrected chi connectivity index (χ4v) is 2.63. The van der Waals surface area contributed by atoms with Gasteiger partial charge in [-0.2, -0.15) is 0 Å². The number of aryl methyl sites for hydroxylation is 1. The lowest BCUT2D eigenvalue weighted by molar-refractivity contribution is -0.121. The standard InChI is InChI=1S/C14H23N3O/c1-3-7-16-14(18)10-17-8-11-5-4-6-13(15-2)12(11)9-17/h8-9,13,15H,3-7,10H2,1-2H3,(H,16,18). The molecule has 1 aliphatic carbocycles. The predicted molar refractivity (Wildman–Crippen MR) is 72.5 cm³/mol. The largest absolute Gasteiger partial charge is 0.355 e. The number of carbonyl (C=O) groups excluding carboxylic acids is 1. The van der Waals surface area contributed by atoms with Crippen molar-refractivity contribution in [3.63, 3.8) is 0 Å². The number of nitrogens with zero attached hydrogens (tertiary/aromatic N) is 1. The molecule has 0 spiro atoms. The maximum Gasteiger partial charge on any atom is 0.239 e. The van der Waals surface area contributed by atoms with E-state index in [2.05, 4.69) is 30.0 Å². The zero-order valence-corrected chi connectivity index (χ0v) is 11.3. The van der Waals surface area contributed by atoms with E-state index in [1.807, 2.05) is 11.6 Å². The Morgan fingerprint density at radius 2 is 2.33 bits per heavy atom. The van der Waals surface area contributed by atoms with Crippen molar-refractivity contribution in [1.82, 2.24) is 15.2 Å². The molecule has 1 aliphatic rings. The van der Waals surface area contributed by atoms with E-state index >= 15 is 0 Å². The maximum absolute atomic E-state index is 11.7. The van der Waals surface area contributed by atoms with E-state index in [1.165, 1.54) is 24.0 Å². The number of hydrogen-bond donors (Lipinski definition) is 2. The third-order valence-corrected chi connectivity index (χ3v) is 3.56. The number of rotatable bonds is 5. The average molecular weight is 249 g/mol. The highest BCUT2D eigenvalue weighted by Gasteiger charge is 2.20. The molecule has 0 aromatic carbocycles.